The molecule has 4 rings (SSSR count). The number of hydrogen-bond acceptors (Lipinski definition) is 3. The molecule has 1 fully saturated rings. The number of hydrogen-bond donors (Lipinski definition) is 0. The highest BCUT2D eigenvalue weighted by Crippen LogP contribution is 2.25. The van der Waals surface area contributed by atoms with Crippen LogP contribution in [0.2, 0.25) is 0 Å². The molecule has 0 unspecified atom stereocenters. The minimum atomic E-state index is -0.352. The summed E-state index contributed by atoms with van der Waals surface area (Å²) in [6, 6.07) is 19.6. The Morgan fingerprint density at radius 1 is 1.08 bits per heavy atom. The first-order valence-corrected chi connectivity index (χ1v) is 8.27. The van der Waals surface area contributed by atoms with Crippen molar-refractivity contribution in [3.8, 4) is 0 Å². The number of carbonyl (C=O) groups is 1. The van der Waals surface area contributed by atoms with Crippen LogP contribution in [0.15, 0.2) is 65.1 Å². The second kappa shape index (κ2) is 6.49. The van der Waals surface area contributed by atoms with Gasteiger partial charge < -0.3 is 14.1 Å². The minimum Gasteiger partial charge on any atom is -0.459 e. The fourth-order valence-corrected chi connectivity index (χ4v) is 3.12. The highest BCUT2D eigenvalue weighted by Gasteiger charge is 2.29. The number of para-hydroxylation sites is 2. The van der Waals surface area contributed by atoms with E-state index in [1.54, 1.807) is 4.90 Å². The third-order valence-electron chi connectivity index (χ3n) is 4.33. The molecule has 1 aliphatic rings. The lowest BCUT2D eigenvalue weighted by Gasteiger charge is -2.24. The van der Waals surface area contributed by atoms with E-state index in [0.717, 1.165) is 35.3 Å². The molecule has 1 atom stereocenters. The van der Waals surface area contributed by atoms with Crippen LogP contribution in [0.25, 0.3) is 11.0 Å². The first-order chi connectivity index (χ1) is 11.8. The van der Waals surface area contributed by atoms with Crippen molar-refractivity contribution in [2.75, 3.05) is 11.5 Å². The van der Waals surface area contributed by atoms with E-state index in [0.29, 0.717) is 13.2 Å². The van der Waals surface area contributed by atoms with Crippen molar-refractivity contribution in [2.45, 2.75) is 25.5 Å². The smallest absolute Gasteiger partial charge is 0.256 e. The Labute approximate surface area is 140 Å². The van der Waals surface area contributed by atoms with Crippen molar-refractivity contribution < 1.29 is 13.9 Å². The third kappa shape index (κ3) is 2.93. The van der Waals surface area contributed by atoms with Gasteiger partial charge in [-0.2, -0.15) is 0 Å². The van der Waals surface area contributed by atoms with Gasteiger partial charge >= 0.3 is 0 Å². The predicted octanol–water partition coefficient (Wildman–Crippen LogP) is 4.15. The molecule has 0 bridgehead atoms. The molecule has 0 radical (unpaired) electrons. The first-order valence-electron chi connectivity index (χ1n) is 8.27. The van der Waals surface area contributed by atoms with Crippen molar-refractivity contribution in [1.82, 2.24) is 0 Å². The molecule has 0 saturated carbocycles. The molecule has 122 valence electrons. The van der Waals surface area contributed by atoms with Crippen molar-refractivity contribution >= 4 is 22.6 Å². The maximum Gasteiger partial charge on any atom is 0.256 e. The number of furan rings is 1. The molecule has 1 amide bonds. The van der Waals surface area contributed by atoms with Gasteiger partial charge in [0.2, 0.25) is 0 Å². The van der Waals surface area contributed by atoms with Crippen LogP contribution < -0.4 is 4.90 Å². The molecule has 2 heterocycles. The van der Waals surface area contributed by atoms with E-state index in [9.17, 15) is 4.79 Å². The Bertz CT molecular complexity index is 801. The van der Waals surface area contributed by atoms with Crippen LogP contribution in [0.5, 0.6) is 0 Å². The van der Waals surface area contributed by atoms with Gasteiger partial charge in [0.25, 0.3) is 5.91 Å². The van der Waals surface area contributed by atoms with Crippen LogP contribution in [-0.2, 0) is 16.1 Å². The number of nitrogens with zero attached hydrogens (tertiary/aromatic N) is 1. The molecule has 24 heavy (non-hydrogen) atoms. The molecule has 1 saturated heterocycles. The average Bonchev–Trinajstić information content (AvgIpc) is 3.29. The molecule has 2 aromatic carbocycles. The summed E-state index contributed by atoms with van der Waals surface area (Å²) in [6.07, 6.45) is 1.36. The zero-order valence-corrected chi connectivity index (χ0v) is 13.4. The SMILES string of the molecule is O=C([C@H]1CCCO1)N(Cc1cc2ccccc2o1)c1ccccc1. The quantitative estimate of drug-likeness (QED) is 0.725. The monoisotopic (exact) mass is 321 g/mol. The maximum absolute atomic E-state index is 12.9. The zero-order chi connectivity index (χ0) is 16.4. The molecular formula is C20H19NO3. The van der Waals surface area contributed by atoms with Crippen LogP contribution in [-0.4, -0.2) is 18.6 Å². The minimum absolute atomic E-state index is 0.000781. The van der Waals surface area contributed by atoms with E-state index in [1.165, 1.54) is 0 Å². The van der Waals surface area contributed by atoms with Crippen LogP contribution in [0.4, 0.5) is 5.69 Å². The number of fused-ring (bicyclic) bond motifs is 1. The van der Waals surface area contributed by atoms with Crippen LogP contribution >= 0.6 is 0 Å². The molecule has 0 spiro atoms. The maximum atomic E-state index is 12.9. The molecular weight excluding hydrogens is 302 g/mol. The van der Waals surface area contributed by atoms with Crippen LogP contribution in [0.1, 0.15) is 18.6 Å². The average molecular weight is 321 g/mol. The summed E-state index contributed by atoms with van der Waals surface area (Å²) < 4.78 is 11.5. The van der Waals surface area contributed by atoms with Crippen LogP contribution in [0.3, 0.4) is 0 Å². The number of amides is 1. The number of anilines is 1. The Hall–Kier alpha value is -2.59. The molecule has 1 aliphatic heterocycles. The molecule has 0 aliphatic carbocycles. The Morgan fingerprint density at radius 2 is 1.88 bits per heavy atom. The van der Waals surface area contributed by atoms with Gasteiger partial charge in [0.15, 0.2) is 0 Å². The normalized spacial score (nSPS) is 17.2. The van der Waals surface area contributed by atoms with E-state index < -0.39 is 0 Å². The molecule has 4 heteroatoms. The number of benzene rings is 2. The largest absolute Gasteiger partial charge is 0.459 e. The van der Waals surface area contributed by atoms with Gasteiger partial charge in [0.05, 0.1) is 6.54 Å². The predicted molar refractivity (Wildman–Crippen MR) is 92.8 cm³/mol. The Kier molecular flexibility index (Phi) is 4.05. The van der Waals surface area contributed by atoms with Gasteiger partial charge in [-0.05, 0) is 37.1 Å². The Balaban J connectivity index is 1.65. The summed E-state index contributed by atoms with van der Waals surface area (Å²) in [4.78, 5) is 14.7. The molecule has 3 aromatic rings. The lowest BCUT2D eigenvalue weighted by Crippen LogP contribution is -2.38. The van der Waals surface area contributed by atoms with E-state index in [1.807, 2.05) is 60.7 Å². The molecule has 0 N–H and O–H groups in total. The van der Waals surface area contributed by atoms with E-state index in [4.69, 9.17) is 9.15 Å². The number of carbonyl (C=O) groups excluding carboxylic acids is 1. The fourth-order valence-electron chi connectivity index (χ4n) is 3.12. The van der Waals surface area contributed by atoms with Crippen LogP contribution in [0, 0.1) is 0 Å². The fraction of sp³-hybridized carbons (Fsp3) is 0.250. The van der Waals surface area contributed by atoms with E-state index in [-0.39, 0.29) is 12.0 Å². The summed E-state index contributed by atoms with van der Waals surface area (Å²) >= 11 is 0. The van der Waals surface area contributed by atoms with Crippen molar-refractivity contribution in [2.24, 2.45) is 0 Å². The lowest BCUT2D eigenvalue weighted by molar-refractivity contribution is -0.127. The zero-order valence-electron chi connectivity index (χ0n) is 13.4. The highest BCUT2D eigenvalue weighted by molar-refractivity contribution is 5.96. The summed E-state index contributed by atoms with van der Waals surface area (Å²) in [5.41, 5.74) is 1.70. The highest BCUT2D eigenvalue weighted by atomic mass is 16.5. The number of ether oxygens (including phenoxy) is 1. The summed E-state index contributed by atoms with van der Waals surface area (Å²) in [5.74, 6) is 0.769. The summed E-state index contributed by atoms with van der Waals surface area (Å²) in [6.45, 7) is 1.06. The van der Waals surface area contributed by atoms with Gasteiger partial charge in [-0.15, -0.1) is 0 Å². The second-order valence-corrected chi connectivity index (χ2v) is 6.01. The lowest BCUT2D eigenvalue weighted by atomic mass is 10.2. The first kappa shape index (κ1) is 15.0. The summed E-state index contributed by atoms with van der Waals surface area (Å²) in [7, 11) is 0. The summed E-state index contributed by atoms with van der Waals surface area (Å²) in [5, 5.41) is 1.05. The van der Waals surface area contributed by atoms with Crippen molar-refractivity contribution in [1.29, 1.82) is 0 Å². The number of rotatable bonds is 4. The van der Waals surface area contributed by atoms with Crippen molar-refractivity contribution in [3.05, 3.63) is 66.4 Å². The molecule has 4 nitrogen and oxygen atoms in total. The van der Waals surface area contributed by atoms with Gasteiger partial charge in [-0.25, -0.2) is 0 Å². The van der Waals surface area contributed by atoms with E-state index in [2.05, 4.69) is 0 Å². The van der Waals surface area contributed by atoms with Gasteiger partial charge in [0.1, 0.15) is 17.4 Å². The molecule has 1 aromatic heterocycles. The topological polar surface area (TPSA) is 42.7 Å². The van der Waals surface area contributed by atoms with Gasteiger partial charge in [-0.1, -0.05) is 36.4 Å². The van der Waals surface area contributed by atoms with Gasteiger partial charge in [-0.3, -0.25) is 4.79 Å². The second-order valence-electron chi connectivity index (χ2n) is 6.01. The van der Waals surface area contributed by atoms with E-state index >= 15 is 0 Å². The van der Waals surface area contributed by atoms with Crippen molar-refractivity contribution in [3.63, 3.8) is 0 Å². The standard InChI is InChI=1S/C20H19NO3/c22-20(19-11-6-12-23-19)21(16-8-2-1-3-9-16)14-17-13-15-7-4-5-10-18(15)24-17/h1-5,7-10,13,19H,6,11-12,14H2/t19-/m1/s1. The van der Waals surface area contributed by atoms with Gasteiger partial charge in [0, 0.05) is 17.7 Å². The Morgan fingerprint density at radius 3 is 2.62 bits per heavy atom. The third-order valence-corrected chi connectivity index (χ3v) is 4.33.